The fraction of sp³-hybridized carbons (Fsp3) is 0.333. The minimum Gasteiger partial charge on any atom is -0.466 e. The molecule has 0 fully saturated rings. The number of carbonyl (C=O) groups excluding carboxylic acids is 1. The Morgan fingerprint density at radius 3 is 2.52 bits per heavy atom. The van der Waals surface area contributed by atoms with E-state index in [4.69, 9.17) is 4.74 Å². The number of aromatic nitrogens is 3. The molecular weight excluding hydrogens is 438 g/mol. The van der Waals surface area contributed by atoms with Crippen molar-refractivity contribution in [2.24, 2.45) is 12.0 Å². The smallest absolute Gasteiger partial charge is 0.338 e. The molecule has 0 N–H and O–H groups in total. The fourth-order valence-electron chi connectivity index (χ4n) is 4.13. The van der Waals surface area contributed by atoms with Gasteiger partial charge in [-0.05, 0) is 44.5 Å². The van der Waals surface area contributed by atoms with Crippen molar-refractivity contribution >= 4 is 29.1 Å². The van der Waals surface area contributed by atoms with Crippen LogP contribution in [0.5, 0.6) is 0 Å². The standard InChI is InChI=1S/C24H27N5O3S/c1-6-28(7-2)18-10-8-17(9-11-18)21-20(23(31)32-5)15(3)26-24-29(21)22(30)19(33-24)12-16-13-25-27(4)14-16/h8-14,21H,6-7H2,1-5H3/b19-12+/t21-/m1/s1. The number of fused-ring (bicyclic) bond motifs is 1. The lowest BCUT2D eigenvalue weighted by Crippen LogP contribution is -2.39. The molecule has 0 saturated heterocycles. The minimum atomic E-state index is -0.615. The van der Waals surface area contributed by atoms with Crippen molar-refractivity contribution in [1.29, 1.82) is 0 Å². The molecule has 0 saturated carbocycles. The number of rotatable bonds is 6. The number of ether oxygens (including phenoxy) is 1. The molecule has 172 valence electrons. The summed E-state index contributed by atoms with van der Waals surface area (Å²) in [4.78, 5) is 33.7. The number of methoxy groups -OCH3 is 1. The predicted molar refractivity (Wildman–Crippen MR) is 129 cm³/mol. The Kier molecular flexibility index (Phi) is 6.33. The van der Waals surface area contributed by atoms with Crippen LogP contribution in [0.4, 0.5) is 5.69 Å². The Balaban J connectivity index is 1.90. The number of carbonyl (C=O) groups is 1. The van der Waals surface area contributed by atoms with Crippen LogP contribution in [-0.4, -0.2) is 40.5 Å². The molecule has 1 aliphatic rings. The van der Waals surface area contributed by atoms with Gasteiger partial charge in [0.2, 0.25) is 0 Å². The maximum absolute atomic E-state index is 13.5. The summed E-state index contributed by atoms with van der Waals surface area (Å²) in [6.07, 6.45) is 5.34. The first-order valence-corrected chi connectivity index (χ1v) is 11.6. The van der Waals surface area contributed by atoms with Crippen LogP contribution in [0.15, 0.2) is 57.7 Å². The first kappa shape index (κ1) is 22.7. The number of hydrogen-bond donors (Lipinski definition) is 0. The number of anilines is 1. The van der Waals surface area contributed by atoms with Gasteiger partial charge in [0, 0.05) is 37.6 Å². The van der Waals surface area contributed by atoms with Crippen LogP contribution in [0.3, 0.4) is 0 Å². The van der Waals surface area contributed by atoms with Gasteiger partial charge >= 0.3 is 5.97 Å². The zero-order chi connectivity index (χ0) is 23.7. The maximum atomic E-state index is 13.5. The van der Waals surface area contributed by atoms with Gasteiger partial charge < -0.3 is 9.64 Å². The average molecular weight is 466 g/mol. The second-order valence-corrected chi connectivity index (χ2v) is 8.79. The highest BCUT2D eigenvalue weighted by molar-refractivity contribution is 7.07. The molecule has 0 unspecified atom stereocenters. The molecule has 1 aromatic carbocycles. The number of thiazole rings is 1. The van der Waals surface area contributed by atoms with E-state index in [1.165, 1.54) is 18.4 Å². The van der Waals surface area contributed by atoms with Gasteiger partial charge in [-0.25, -0.2) is 9.79 Å². The lowest BCUT2D eigenvalue weighted by molar-refractivity contribution is -0.136. The second kappa shape index (κ2) is 9.19. The van der Waals surface area contributed by atoms with Crippen molar-refractivity contribution in [1.82, 2.24) is 14.3 Å². The van der Waals surface area contributed by atoms with E-state index in [-0.39, 0.29) is 5.56 Å². The highest BCUT2D eigenvalue weighted by atomic mass is 32.1. The summed E-state index contributed by atoms with van der Waals surface area (Å²) >= 11 is 1.30. The molecule has 3 aromatic rings. The van der Waals surface area contributed by atoms with Gasteiger partial charge in [-0.15, -0.1) is 0 Å². The van der Waals surface area contributed by atoms with E-state index in [1.54, 1.807) is 28.4 Å². The van der Waals surface area contributed by atoms with Crippen molar-refractivity contribution in [3.63, 3.8) is 0 Å². The number of hydrogen-bond acceptors (Lipinski definition) is 7. The average Bonchev–Trinajstić information content (AvgIpc) is 3.36. The molecule has 0 aliphatic carbocycles. The molecule has 0 amide bonds. The molecule has 0 bridgehead atoms. The summed E-state index contributed by atoms with van der Waals surface area (Å²) in [7, 11) is 3.17. The zero-order valence-corrected chi connectivity index (χ0v) is 20.2. The van der Waals surface area contributed by atoms with E-state index in [9.17, 15) is 9.59 Å². The Hall–Kier alpha value is -3.46. The number of aryl methyl sites for hydroxylation is 1. The van der Waals surface area contributed by atoms with Crippen molar-refractivity contribution in [2.45, 2.75) is 26.8 Å². The minimum absolute atomic E-state index is 0.200. The quantitative estimate of drug-likeness (QED) is 0.520. The van der Waals surface area contributed by atoms with Crippen LogP contribution >= 0.6 is 11.3 Å². The third-order valence-corrected chi connectivity index (χ3v) is 6.77. The molecule has 0 radical (unpaired) electrons. The van der Waals surface area contributed by atoms with Gasteiger partial charge in [0.1, 0.15) is 0 Å². The van der Waals surface area contributed by atoms with Crippen molar-refractivity contribution in [3.8, 4) is 0 Å². The number of esters is 1. The van der Waals surface area contributed by atoms with E-state index < -0.39 is 12.0 Å². The van der Waals surface area contributed by atoms with Gasteiger partial charge in [-0.1, -0.05) is 23.5 Å². The first-order valence-electron chi connectivity index (χ1n) is 10.8. The Morgan fingerprint density at radius 2 is 1.94 bits per heavy atom. The summed E-state index contributed by atoms with van der Waals surface area (Å²) in [6.45, 7) is 7.79. The molecule has 1 aliphatic heterocycles. The maximum Gasteiger partial charge on any atom is 0.338 e. The highest BCUT2D eigenvalue weighted by Crippen LogP contribution is 2.31. The normalized spacial score (nSPS) is 15.9. The third-order valence-electron chi connectivity index (χ3n) is 5.79. The van der Waals surface area contributed by atoms with E-state index >= 15 is 0 Å². The summed E-state index contributed by atoms with van der Waals surface area (Å²) in [6, 6.07) is 7.38. The number of allylic oxidation sites excluding steroid dienone is 1. The zero-order valence-electron chi connectivity index (χ0n) is 19.4. The van der Waals surface area contributed by atoms with Crippen LogP contribution in [-0.2, 0) is 16.6 Å². The number of nitrogens with zero attached hydrogens (tertiary/aromatic N) is 5. The summed E-state index contributed by atoms with van der Waals surface area (Å²) < 4.78 is 8.88. The largest absolute Gasteiger partial charge is 0.466 e. The lowest BCUT2D eigenvalue weighted by atomic mass is 9.95. The van der Waals surface area contributed by atoms with Crippen molar-refractivity contribution < 1.29 is 9.53 Å². The Bertz CT molecular complexity index is 1390. The molecule has 4 rings (SSSR count). The fourth-order valence-corrected chi connectivity index (χ4v) is 5.18. The van der Waals surface area contributed by atoms with Gasteiger partial charge in [-0.2, -0.15) is 5.10 Å². The van der Waals surface area contributed by atoms with Gasteiger partial charge in [-0.3, -0.25) is 14.0 Å². The summed E-state index contributed by atoms with van der Waals surface area (Å²) in [5.74, 6) is -0.490. The predicted octanol–water partition coefficient (Wildman–Crippen LogP) is 1.99. The van der Waals surface area contributed by atoms with Crippen LogP contribution < -0.4 is 19.8 Å². The molecule has 2 aromatic heterocycles. The topological polar surface area (TPSA) is 81.7 Å². The first-order chi connectivity index (χ1) is 15.9. The monoisotopic (exact) mass is 465 g/mol. The van der Waals surface area contributed by atoms with Gasteiger partial charge in [0.25, 0.3) is 5.56 Å². The Morgan fingerprint density at radius 1 is 1.24 bits per heavy atom. The molecular formula is C24H27N5O3S. The SMILES string of the molecule is CCN(CC)c1ccc([C@@H]2C(C(=O)OC)=C(C)N=c3s/c(=C/c4cnn(C)c4)c(=O)n32)cc1. The van der Waals surface area contributed by atoms with Crippen molar-refractivity contribution in [2.75, 3.05) is 25.1 Å². The summed E-state index contributed by atoms with van der Waals surface area (Å²) in [5, 5.41) is 4.17. The van der Waals surface area contributed by atoms with Gasteiger partial charge in [0.05, 0.1) is 35.2 Å². The molecule has 9 heteroatoms. The van der Waals surface area contributed by atoms with Crippen LogP contribution in [0.1, 0.15) is 37.9 Å². The van der Waals surface area contributed by atoms with E-state index in [0.29, 0.717) is 20.6 Å². The summed E-state index contributed by atoms with van der Waals surface area (Å²) in [5.41, 5.74) is 3.46. The highest BCUT2D eigenvalue weighted by Gasteiger charge is 2.33. The van der Waals surface area contributed by atoms with Crippen LogP contribution in [0, 0.1) is 0 Å². The Labute approximate surface area is 195 Å². The molecule has 3 heterocycles. The molecule has 0 spiro atoms. The van der Waals surface area contributed by atoms with Crippen molar-refractivity contribution in [3.05, 3.63) is 78.7 Å². The van der Waals surface area contributed by atoms with Gasteiger partial charge in [0.15, 0.2) is 4.80 Å². The molecule has 1 atom stereocenters. The lowest BCUT2D eigenvalue weighted by Gasteiger charge is -2.26. The van der Waals surface area contributed by atoms with Crippen LogP contribution in [0.25, 0.3) is 6.08 Å². The molecule has 33 heavy (non-hydrogen) atoms. The molecule has 8 nitrogen and oxygen atoms in total. The third kappa shape index (κ3) is 4.16. The second-order valence-electron chi connectivity index (χ2n) is 7.78. The van der Waals surface area contributed by atoms with E-state index in [1.807, 2.05) is 37.5 Å². The van der Waals surface area contributed by atoms with Crippen LogP contribution in [0.2, 0.25) is 0 Å². The number of benzene rings is 1. The van der Waals surface area contributed by atoms with E-state index in [2.05, 4.69) is 28.8 Å². The van der Waals surface area contributed by atoms with E-state index in [0.717, 1.165) is 29.9 Å².